The van der Waals surface area contributed by atoms with Crippen molar-refractivity contribution in [3.05, 3.63) is 24.0 Å². The molecule has 106 valence electrons. The molecule has 2 unspecified atom stereocenters. The lowest BCUT2D eigenvalue weighted by molar-refractivity contribution is 0.188. The summed E-state index contributed by atoms with van der Waals surface area (Å²) >= 11 is 0. The van der Waals surface area contributed by atoms with Gasteiger partial charge in [-0.1, -0.05) is 0 Å². The number of fused-ring (bicyclic) bond motifs is 2. The SMILES string of the molecule is Fc1ccc2nc(NC3CCN4CCCC4C3)[nH]c2c1. The monoisotopic (exact) mass is 274 g/mol. The number of imidazole rings is 1. The fraction of sp³-hybridized carbons (Fsp3) is 0.533. The zero-order chi connectivity index (χ0) is 13.5. The second-order valence-electron chi connectivity index (χ2n) is 5.94. The van der Waals surface area contributed by atoms with Gasteiger partial charge >= 0.3 is 0 Å². The van der Waals surface area contributed by atoms with Crippen LogP contribution in [0.4, 0.5) is 10.3 Å². The van der Waals surface area contributed by atoms with E-state index in [1.807, 2.05) is 0 Å². The largest absolute Gasteiger partial charge is 0.353 e. The van der Waals surface area contributed by atoms with Crippen LogP contribution in [0.25, 0.3) is 11.0 Å². The maximum absolute atomic E-state index is 13.2. The molecule has 4 rings (SSSR count). The smallest absolute Gasteiger partial charge is 0.201 e. The van der Waals surface area contributed by atoms with Gasteiger partial charge in [0.05, 0.1) is 11.0 Å². The Kier molecular flexibility index (Phi) is 2.88. The molecule has 1 aromatic carbocycles. The maximum Gasteiger partial charge on any atom is 0.201 e. The van der Waals surface area contributed by atoms with Crippen molar-refractivity contribution >= 4 is 17.0 Å². The summed E-state index contributed by atoms with van der Waals surface area (Å²) in [5, 5.41) is 3.49. The second kappa shape index (κ2) is 4.74. The van der Waals surface area contributed by atoms with Crippen molar-refractivity contribution in [2.75, 3.05) is 18.4 Å². The average molecular weight is 274 g/mol. The van der Waals surface area contributed by atoms with Crippen LogP contribution in [0.1, 0.15) is 25.7 Å². The molecule has 2 fully saturated rings. The topological polar surface area (TPSA) is 44.0 Å². The van der Waals surface area contributed by atoms with E-state index in [9.17, 15) is 4.39 Å². The van der Waals surface area contributed by atoms with E-state index in [1.165, 1.54) is 44.5 Å². The van der Waals surface area contributed by atoms with Crippen molar-refractivity contribution in [1.29, 1.82) is 0 Å². The van der Waals surface area contributed by atoms with Gasteiger partial charge in [-0.25, -0.2) is 9.37 Å². The Morgan fingerprint density at radius 1 is 1.30 bits per heavy atom. The van der Waals surface area contributed by atoms with Gasteiger partial charge in [-0.2, -0.15) is 0 Å². The molecular formula is C15H19FN4. The summed E-state index contributed by atoms with van der Waals surface area (Å²) in [6, 6.07) is 5.87. The molecule has 0 saturated carbocycles. The van der Waals surface area contributed by atoms with Crippen LogP contribution >= 0.6 is 0 Å². The van der Waals surface area contributed by atoms with E-state index in [0.717, 1.165) is 29.4 Å². The Hall–Kier alpha value is -1.62. The summed E-state index contributed by atoms with van der Waals surface area (Å²) < 4.78 is 13.2. The van der Waals surface area contributed by atoms with Crippen LogP contribution in [-0.4, -0.2) is 40.0 Å². The highest BCUT2D eigenvalue weighted by Gasteiger charge is 2.31. The Morgan fingerprint density at radius 3 is 3.20 bits per heavy atom. The second-order valence-corrected chi connectivity index (χ2v) is 5.94. The maximum atomic E-state index is 13.2. The molecular weight excluding hydrogens is 255 g/mol. The van der Waals surface area contributed by atoms with E-state index in [2.05, 4.69) is 20.2 Å². The first kappa shape index (κ1) is 12.1. The number of aromatic amines is 1. The summed E-state index contributed by atoms with van der Waals surface area (Å²) in [6.45, 7) is 2.44. The van der Waals surface area contributed by atoms with Crippen molar-refractivity contribution in [3.63, 3.8) is 0 Å². The van der Waals surface area contributed by atoms with Gasteiger partial charge in [0.1, 0.15) is 5.82 Å². The number of hydrogen-bond acceptors (Lipinski definition) is 3. The number of halogens is 1. The predicted octanol–water partition coefficient (Wildman–Crippen LogP) is 2.74. The Labute approximate surface area is 117 Å². The first-order valence-corrected chi connectivity index (χ1v) is 7.44. The molecule has 2 N–H and O–H groups in total. The molecule has 5 heteroatoms. The lowest BCUT2D eigenvalue weighted by Gasteiger charge is -2.35. The molecule has 0 amide bonds. The van der Waals surface area contributed by atoms with Gasteiger partial charge in [0, 0.05) is 18.6 Å². The van der Waals surface area contributed by atoms with Crippen LogP contribution in [0, 0.1) is 5.82 Å². The number of rotatable bonds is 2. The molecule has 1 aromatic heterocycles. The van der Waals surface area contributed by atoms with Gasteiger partial charge in [0.2, 0.25) is 5.95 Å². The van der Waals surface area contributed by atoms with E-state index in [-0.39, 0.29) is 5.82 Å². The van der Waals surface area contributed by atoms with Crippen LogP contribution in [0.5, 0.6) is 0 Å². The van der Waals surface area contributed by atoms with Crippen LogP contribution in [-0.2, 0) is 0 Å². The van der Waals surface area contributed by atoms with Gasteiger partial charge < -0.3 is 15.2 Å². The summed E-state index contributed by atoms with van der Waals surface area (Å²) in [7, 11) is 0. The normalized spacial score (nSPS) is 26.9. The number of hydrogen-bond donors (Lipinski definition) is 2. The van der Waals surface area contributed by atoms with Gasteiger partial charge in [-0.3, -0.25) is 0 Å². The number of aromatic nitrogens is 2. The molecule has 2 aliphatic heterocycles. The molecule has 0 spiro atoms. The Bertz CT molecular complexity index is 623. The highest BCUT2D eigenvalue weighted by molar-refractivity contribution is 5.77. The molecule has 20 heavy (non-hydrogen) atoms. The van der Waals surface area contributed by atoms with Gasteiger partial charge in [0.25, 0.3) is 0 Å². The van der Waals surface area contributed by atoms with Crippen LogP contribution in [0.15, 0.2) is 18.2 Å². The zero-order valence-corrected chi connectivity index (χ0v) is 11.4. The van der Waals surface area contributed by atoms with Crippen LogP contribution in [0.2, 0.25) is 0 Å². The molecule has 2 saturated heterocycles. The molecule has 2 aliphatic rings. The number of H-pyrrole nitrogens is 1. The quantitative estimate of drug-likeness (QED) is 0.885. The minimum atomic E-state index is -0.230. The third kappa shape index (κ3) is 2.16. The highest BCUT2D eigenvalue weighted by Crippen LogP contribution is 2.28. The lowest BCUT2D eigenvalue weighted by atomic mass is 9.98. The molecule has 3 heterocycles. The van der Waals surface area contributed by atoms with Crippen molar-refractivity contribution in [1.82, 2.24) is 14.9 Å². The third-order valence-corrected chi connectivity index (χ3v) is 4.61. The first-order valence-electron chi connectivity index (χ1n) is 7.44. The van der Waals surface area contributed by atoms with Crippen molar-refractivity contribution in [2.24, 2.45) is 0 Å². The van der Waals surface area contributed by atoms with Crippen LogP contribution in [0.3, 0.4) is 0 Å². The van der Waals surface area contributed by atoms with Crippen molar-refractivity contribution in [2.45, 2.75) is 37.8 Å². The fourth-order valence-electron chi connectivity index (χ4n) is 3.60. The highest BCUT2D eigenvalue weighted by atomic mass is 19.1. The lowest BCUT2D eigenvalue weighted by Crippen LogP contribution is -2.42. The van der Waals surface area contributed by atoms with E-state index in [1.54, 1.807) is 6.07 Å². The molecule has 4 nitrogen and oxygen atoms in total. The number of nitrogens with one attached hydrogen (secondary N) is 2. The van der Waals surface area contributed by atoms with Gasteiger partial charge in [-0.15, -0.1) is 0 Å². The number of benzene rings is 1. The van der Waals surface area contributed by atoms with E-state index in [4.69, 9.17) is 0 Å². The standard InChI is InChI=1S/C15H19FN4/c16-10-3-4-13-14(8-10)19-15(18-13)17-11-5-7-20-6-1-2-12(20)9-11/h3-4,8,11-12H,1-2,5-7,9H2,(H2,17,18,19). The molecule has 0 bridgehead atoms. The summed E-state index contributed by atoms with van der Waals surface area (Å²) in [5.41, 5.74) is 1.57. The molecule has 2 atom stereocenters. The molecule has 2 aromatic rings. The number of anilines is 1. The Morgan fingerprint density at radius 2 is 2.25 bits per heavy atom. The van der Waals surface area contributed by atoms with E-state index >= 15 is 0 Å². The minimum Gasteiger partial charge on any atom is -0.353 e. The van der Waals surface area contributed by atoms with Crippen molar-refractivity contribution in [3.8, 4) is 0 Å². The molecule has 0 aliphatic carbocycles. The number of nitrogens with zero attached hydrogens (tertiary/aromatic N) is 2. The predicted molar refractivity (Wildman–Crippen MR) is 77.3 cm³/mol. The minimum absolute atomic E-state index is 0.230. The number of piperidine rings is 1. The van der Waals surface area contributed by atoms with Crippen molar-refractivity contribution < 1.29 is 4.39 Å². The summed E-state index contributed by atoms with van der Waals surface area (Å²) in [5.74, 6) is 0.536. The average Bonchev–Trinajstić information content (AvgIpc) is 3.03. The van der Waals surface area contributed by atoms with Crippen LogP contribution < -0.4 is 5.32 Å². The van der Waals surface area contributed by atoms with E-state index in [0.29, 0.717) is 6.04 Å². The fourth-order valence-corrected chi connectivity index (χ4v) is 3.60. The summed E-state index contributed by atoms with van der Waals surface area (Å²) in [6.07, 6.45) is 5.00. The van der Waals surface area contributed by atoms with E-state index < -0.39 is 0 Å². The Balaban J connectivity index is 1.49. The van der Waals surface area contributed by atoms with Gasteiger partial charge in [0.15, 0.2) is 0 Å². The first-order chi connectivity index (χ1) is 9.78. The summed E-state index contributed by atoms with van der Waals surface area (Å²) in [4.78, 5) is 10.3. The molecule has 0 radical (unpaired) electrons. The zero-order valence-electron chi connectivity index (χ0n) is 11.4. The third-order valence-electron chi connectivity index (χ3n) is 4.61. The van der Waals surface area contributed by atoms with Gasteiger partial charge in [-0.05, 0) is 50.4 Å².